The molecule has 29 heavy (non-hydrogen) atoms. The third kappa shape index (κ3) is 5.58. The fourth-order valence-corrected chi connectivity index (χ4v) is 3.70. The van der Waals surface area contributed by atoms with Crippen LogP contribution >= 0.6 is 0 Å². The van der Waals surface area contributed by atoms with Gasteiger partial charge in [-0.15, -0.1) is 0 Å². The van der Waals surface area contributed by atoms with Crippen LogP contribution in [0, 0.1) is 0 Å². The van der Waals surface area contributed by atoms with Gasteiger partial charge in [-0.25, -0.2) is 4.98 Å². The minimum absolute atomic E-state index is 0.166. The Morgan fingerprint density at radius 2 is 2.03 bits per heavy atom. The maximum Gasteiger partial charge on any atom is 0.223 e. The first-order valence-corrected chi connectivity index (χ1v) is 10.2. The highest BCUT2D eigenvalue weighted by Gasteiger charge is 2.28. The topological polar surface area (TPSA) is 68.0 Å². The fraction of sp³-hybridized carbons (Fsp3) is 0.545. The molecule has 7 nitrogen and oxygen atoms in total. The normalized spacial score (nSPS) is 17.5. The average molecular weight is 402 g/mol. The van der Waals surface area contributed by atoms with E-state index in [1.165, 1.54) is 0 Å². The van der Waals surface area contributed by atoms with Crippen LogP contribution in [0.2, 0.25) is 0 Å². The number of aromatic nitrogens is 1. The summed E-state index contributed by atoms with van der Waals surface area (Å²) in [6, 6.07) is 8.03. The van der Waals surface area contributed by atoms with E-state index in [1.54, 1.807) is 20.4 Å². The molecule has 1 aromatic carbocycles. The largest absolute Gasteiger partial charge is 0.497 e. The number of amides is 1. The van der Waals surface area contributed by atoms with Crippen molar-refractivity contribution in [2.24, 2.45) is 0 Å². The summed E-state index contributed by atoms with van der Waals surface area (Å²) in [5.41, 5.74) is 0.939. The molecule has 1 atom stereocenters. The van der Waals surface area contributed by atoms with Gasteiger partial charge in [-0.1, -0.05) is 6.92 Å². The Hall–Kier alpha value is -2.38. The molecule has 1 fully saturated rings. The Balaban J connectivity index is 1.51. The number of methoxy groups -OCH3 is 2. The number of hydrogen-bond donors (Lipinski definition) is 0. The van der Waals surface area contributed by atoms with Gasteiger partial charge in [0.1, 0.15) is 5.75 Å². The van der Waals surface area contributed by atoms with Gasteiger partial charge in [-0.3, -0.25) is 9.69 Å². The lowest BCUT2D eigenvalue weighted by atomic mass is 10.1. The SMILES string of the molecule is CCC1CN(C(=O)CCc2ncc(-c3ccc(OC)cc3)o2)CCN1CCOC. The van der Waals surface area contributed by atoms with Gasteiger partial charge in [0, 0.05) is 57.7 Å². The van der Waals surface area contributed by atoms with Gasteiger partial charge < -0.3 is 18.8 Å². The van der Waals surface area contributed by atoms with Crippen LogP contribution < -0.4 is 4.74 Å². The first-order chi connectivity index (χ1) is 14.1. The molecule has 3 rings (SSSR count). The predicted octanol–water partition coefficient (Wildman–Crippen LogP) is 2.85. The van der Waals surface area contributed by atoms with Gasteiger partial charge in [0.25, 0.3) is 0 Å². The number of carbonyl (C=O) groups is 1. The summed E-state index contributed by atoms with van der Waals surface area (Å²) >= 11 is 0. The van der Waals surface area contributed by atoms with E-state index in [2.05, 4.69) is 16.8 Å². The maximum absolute atomic E-state index is 12.7. The molecule has 0 saturated carbocycles. The van der Waals surface area contributed by atoms with Crippen molar-refractivity contribution in [3.63, 3.8) is 0 Å². The summed E-state index contributed by atoms with van der Waals surface area (Å²) in [4.78, 5) is 21.4. The van der Waals surface area contributed by atoms with Crippen molar-refractivity contribution in [1.29, 1.82) is 0 Å². The van der Waals surface area contributed by atoms with Crippen LogP contribution in [0.25, 0.3) is 11.3 Å². The molecule has 1 unspecified atom stereocenters. The standard InChI is InChI=1S/C22H31N3O4/c1-4-18-16-25(12-11-24(18)13-14-27-2)22(26)10-9-21-23-15-20(29-21)17-5-7-19(28-3)8-6-17/h5-8,15,18H,4,9-14,16H2,1-3H3. The van der Waals surface area contributed by atoms with Crippen molar-refractivity contribution in [1.82, 2.24) is 14.8 Å². The maximum atomic E-state index is 12.7. The van der Waals surface area contributed by atoms with Crippen LogP contribution in [0.15, 0.2) is 34.9 Å². The Morgan fingerprint density at radius 1 is 1.24 bits per heavy atom. The van der Waals surface area contributed by atoms with E-state index < -0.39 is 0 Å². The van der Waals surface area contributed by atoms with Crippen LogP contribution in [0.4, 0.5) is 0 Å². The van der Waals surface area contributed by atoms with E-state index in [0.717, 1.165) is 50.5 Å². The Kier molecular flexibility index (Phi) is 7.66. The monoisotopic (exact) mass is 401 g/mol. The van der Waals surface area contributed by atoms with E-state index in [9.17, 15) is 4.79 Å². The number of oxazole rings is 1. The summed E-state index contributed by atoms with van der Waals surface area (Å²) in [6.07, 6.45) is 3.66. The molecule has 7 heteroatoms. The molecule has 2 heterocycles. The molecule has 0 radical (unpaired) electrons. The molecule has 1 aromatic heterocycles. The van der Waals surface area contributed by atoms with Gasteiger partial charge in [0.15, 0.2) is 11.7 Å². The van der Waals surface area contributed by atoms with Crippen LogP contribution in [0.3, 0.4) is 0 Å². The van der Waals surface area contributed by atoms with Crippen molar-refractivity contribution < 1.29 is 18.7 Å². The molecule has 0 bridgehead atoms. The van der Waals surface area contributed by atoms with E-state index >= 15 is 0 Å². The molecule has 0 aliphatic carbocycles. The second-order valence-corrected chi connectivity index (χ2v) is 7.28. The van der Waals surface area contributed by atoms with Gasteiger partial charge in [0.2, 0.25) is 5.91 Å². The third-order valence-corrected chi connectivity index (χ3v) is 5.49. The lowest BCUT2D eigenvalue weighted by molar-refractivity contribution is -0.134. The predicted molar refractivity (Wildman–Crippen MR) is 111 cm³/mol. The molecule has 158 valence electrons. The highest BCUT2D eigenvalue weighted by atomic mass is 16.5. The molecule has 2 aromatic rings. The van der Waals surface area contributed by atoms with E-state index in [0.29, 0.717) is 30.5 Å². The molecular weight excluding hydrogens is 370 g/mol. The zero-order chi connectivity index (χ0) is 20.6. The van der Waals surface area contributed by atoms with Crippen molar-refractivity contribution in [3.8, 4) is 17.1 Å². The molecule has 0 spiro atoms. The quantitative estimate of drug-likeness (QED) is 0.644. The number of piperazine rings is 1. The zero-order valence-corrected chi connectivity index (χ0v) is 17.6. The van der Waals surface area contributed by atoms with E-state index in [-0.39, 0.29) is 5.91 Å². The zero-order valence-electron chi connectivity index (χ0n) is 17.6. The van der Waals surface area contributed by atoms with Crippen molar-refractivity contribution >= 4 is 5.91 Å². The summed E-state index contributed by atoms with van der Waals surface area (Å²) in [7, 11) is 3.37. The number of nitrogens with zero attached hydrogens (tertiary/aromatic N) is 3. The van der Waals surface area contributed by atoms with Crippen molar-refractivity contribution in [3.05, 3.63) is 36.4 Å². The van der Waals surface area contributed by atoms with Gasteiger partial charge in [-0.05, 0) is 30.7 Å². The Labute approximate surface area is 172 Å². The Morgan fingerprint density at radius 3 is 2.72 bits per heavy atom. The second kappa shape index (κ2) is 10.4. The van der Waals surface area contributed by atoms with Crippen molar-refractivity contribution in [2.75, 3.05) is 47.0 Å². The van der Waals surface area contributed by atoms with Gasteiger partial charge >= 0.3 is 0 Å². The van der Waals surface area contributed by atoms with Crippen molar-refractivity contribution in [2.45, 2.75) is 32.2 Å². The summed E-state index contributed by atoms with van der Waals surface area (Å²) in [5, 5.41) is 0. The van der Waals surface area contributed by atoms with Crippen LogP contribution in [-0.2, 0) is 16.0 Å². The van der Waals surface area contributed by atoms with Crippen LogP contribution in [0.5, 0.6) is 5.75 Å². The third-order valence-electron chi connectivity index (χ3n) is 5.49. The van der Waals surface area contributed by atoms with Crippen LogP contribution in [0.1, 0.15) is 25.7 Å². The summed E-state index contributed by atoms with van der Waals surface area (Å²) in [5.74, 6) is 2.26. The van der Waals surface area contributed by atoms with Gasteiger partial charge in [0.05, 0.1) is 19.9 Å². The molecule has 1 aliphatic rings. The number of rotatable bonds is 9. The number of aryl methyl sites for hydroxylation is 1. The molecule has 0 N–H and O–H groups in total. The highest BCUT2D eigenvalue weighted by Crippen LogP contribution is 2.23. The highest BCUT2D eigenvalue weighted by molar-refractivity contribution is 5.76. The molecule has 1 amide bonds. The minimum atomic E-state index is 0.166. The first kappa shape index (κ1) is 21.3. The van der Waals surface area contributed by atoms with E-state index in [1.807, 2.05) is 29.2 Å². The van der Waals surface area contributed by atoms with E-state index in [4.69, 9.17) is 13.9 Å². The second-order valence-electron chi connectivity index (χ2n) is 7.28. The molecular formula is C22H31N3O4. The molecule has 1 aliphatic heterocycles. The summed E-state index contributed by atoms with van der Waals surface area (Å²) < 4.78 is 16.2. The number of carbonyl (C=O) groups excluding carboxylic acids is 1. The average Bonchev–Trinajstić information content (AvgIpc) is 3.25. The Bertz CT molecular complexity index is 775. The molecule has 1 saturated heterocycles. The first-order valence-electron chi connectivity index (χ1n) is 10.2. The smallest absolute Gasteiger partial charge is 0.223 e. The van der Waals surface area contributed by atoms with Gasteiger partial charge in [-0.2, -0.15) is 0 Å². The van der Waals surface area contributed by atoms with Crippen LogP contribution in [-0.4, -0.2) is 73.7 Å². The number of benzene rings is 1. The lowest BCUT2D eigenvalue weighted by Gasteiger charge is -2.41. The number of ether oxygens (including phenoxy) is 2. The number of hydrogen-bond acceptors (Lipinski definition) is 6. The summed E-state index contributed by atoms with van der Waals surface area (Å²) in [6.45, 7) is 6.26. The fourth-order valence-electron chi connectivity index (χ4n) is 3.70. The minimum Gasteiger partial charge on any atom is -0.497 e. The lowest BCUT2D eigenvalue weighted by Crippen LogP contribution is -2.55.